The summed E-state index contributed by atoms with van der Waals surface area (Å²) in [6, 6.07) is 15.1. The van der Waals surface area contributed by atoms with E-state index in [1.54, 1.807) is 6.07 Å². The fourth-order valence-corrected chi connectivity index (χ4v) is 2.58. The Bertz CT molecular complexity index is 933. The number of H-pyrrole nitrogens is 1. The number of nitrogens with zero attached hydrogens (tertiary/aromatic N) is 1. The van der Waals surface area contributed by atoms with Crippen molar-refractivity contribution < 1.29 is 4.79 Å². The summed E-state index contributed by atoms with van der Waals surface area (Å²) in [4.78, 5) is 23.4. The van der Waals surface area contributed by atoms with E-state index in [-0.39, 0.29) is 11.5 Å². The van der Waals surface area contributed by atoms with Crippen LogP contribution >= 0.6 is 0 Å². The van der Waals surface area contributed by atoms with E-state index in [9.17, 15) is 9.59 Å². The quantitative estimate of drug-likeness (QED) is 0.663. The van der Waals surface area contributed by atoms with Crippen molar-refractivity contribution >= 4 is 16.7 Å². The molecule has 1 aromatic heterocycles. The molecule has 1 heterocycles. The number of nitrogens with one attached hydrogen (secondary N) is 2. The number of amides is 1. The van der Waals surface area contributed by atoms with Gasteiger partial charge in [-0.05, 0) is 17.7 Å². The van der Waals surface area contributed by atoms with Crippen LogP contribution in [0.25, 0.3) is 22.0 Å². The van der Waals surface area contributed by atoms with Crippen molar-refractivity contribution in [2.45, 2.75) is 13.0 Å². The molecule has 6 nitrogen and oxygen atoms in total. The maximum absolute atomic E-state index is 11.9. The van der Waals surface area contributed by atoms with Gasteiger partial charge in [0.25, 0.3) is 5.56 Å². The van der Waals surface area contributed by atoms with Crippen LogP contribution < -0.4 is 16.6 Å². The number of benzene rings is 2. The molecular formula is C18H18N4O2. The van der Waals surface area contributed by atoms with Crippen LogP contribution in [0, 0.1) is 0 Å². The molecule has 0 radical (unpaired) electrons. The van der Waals surface area contributed by atoms with Gasteiger partial charge in [0, 0.05) is 30.5 Å². The van der Waals surface area contributed by atoms with Crippen molar-refractivity contribution in [3.05, 3.63) is 64.4 Å². The molecule has 122 valence electrons. The molecule has 3 aromatic rings. The second-order valence-corrected chi connectivity index (χ2v) is 5.46. The van der Waals surface area contributed by atoms with Crippen LogP contribution in [-0.2, 0) is 11.3 Å². The largest absolute Gasteiger partial charge is 0.352 e. The van der Waals surface area contributed by atoms with Gasteiger partial charge in [-0.25, -0.2) is 5.10 Å². The summed E-state index contributed by atoms with van der Waals surface area (Å²) in [5.74, 6) is -0.0736. The van der Waals surface area contributed by atoms with Crippen molar-refractivity contribution in [1.82, 2.24) is 15.5 Å². The van der Waals surface area contributed by atoms with Gasteiger partial charge in [-0.2, -0.15) is 5.10 Å². The minimum absolute atomic E-state index is 0.0736. The third-order valence-electron chi connectivity index (χ3n) is 3.76. The Morgan fingerprint density at radius 1 is 1.12 bits per heavy atom. The summed E-state index contributed by atoms with van der Waals surface area (Å²) >= 11 is 0. The maximum Gasteiger partial charge on any atom is 0.272 e. The van der Waals surface area contributed by atoms with Crippen LogP contribution in [0.5, 0.6) is 0 Å². The zero-order chi connectivity index (χ0) is 16.9. The maximum atomic E-state index is 11.9. The predicted octanol–water partition coefficient (Wildman–Crippen LogP) is 1.56. The molecule has 0 unspecified atom stereocenters. The number of nitrogens with two attached hydrogens (primary N) is 1. The van der Waals surface area contributed by atoms with E-state index in [1.165, 1.54) is 0 Å². The number of rotatable bonds is 5. The lowest BCUT2D eigenvalue weighted by Gasteiger charge is -2.08. The summed E-state index contributed by atoms with van der Waals surface area (Å²) < 4.78 is 0. The van der Waals surface area contributed by atoms with Crippen LogP contribution in [0.3, 0.4) is 0 Å². The zero-order valence-corrected chi connectivity index (χ0v) is 13.1. The van der Waals surface area contributed by atoms with E-state index in [0.717, 1.165) is 16.5 Å². The standard InChI is InChI=1S/C18H18N4O2/c19-9-8-16(23)20-11-12-4-3-5-13(10-12)17-14-6-1-2-7-15(14)18(24)22-21-17/h1-7,10H,8-9,11,19H2,(H,20,23)(H,22,24). The van der Waals surface area contributed by atoms with Gasteiger partial charge in [-0.15, -0.1) is 0 Å². The first kappa shape index (κ1) is 15.9. The Hall–Kier alpha value is -2.99. The average Bonchev–Trinajstić information content (AvgIpc) is 2.61. The molecule has 0 aliphatic carbocycles. The molecule has 1 amide bonds. The van der Waals surface area contributed by atoms with Crippen molar-refractivity contribution in [2.24, 2.45) is 5.73 Å². The molecule has 24 heavy (non-hydrogen) atoms. The summed E-state index contributed by atoms with van der Waals surface area (Å²) in [6.07, 6.45) is 0.311. The Kier molecular flexibility index (Phi) is 4.67. The van der Waals surface area contributed by atoms with Gasteiger partial charge in [0.2, 0.25) is 5.91 Å². The average molecular weight is 322 g/mol. The van der Waals surface area contributed by atoms with E-state index >= 15 is 0 Å². The first-order valence-corrected chi connectivity index (χ1v) is 7.72. The molecule has 6 heteroatoms. The molecule has 0 bridgehead atoms. The highest BCUT2D eigenvalue weighted by molar-refractivity contribution is 5.93. The minimum atomic E-state index is -0.209. The van der Waals surface area contributed by atoms with E-state index in [0.29, 0.717) is 30.6 Å². The lowest BCUT2D eigenvalue weighted by Crippen LogP contribution is -2.24. The monoisotopic (exact) mass is 322 g/mol. The van der Waals surface area contributed by atoms with Gasteiger partial charge in [0.1, 0.15) is 0 Å². The summed E-state index contributed by atoms with van der Waals surface area (Å²) in [7, 11) is 0. The molecule has 0 aliphatic rings. The Morgan fingerprint density at radius 2 is 1.92 bits per heavy atom. The lowest BCUT2D eigenvalue weighted by atomic mass is 10.0. The fraction of sp³-hybridized carbons (Fsp3) is 0.167. The molecular weight excluding hydrogens is 304 g/mol. The number of hydrogen-bond acceptors (Lipinski definition) is 4. The topological polar surface area (TPSA) is 101 Å². The van der Waals surface area contributed by atoms with Crippen molar-refractivity contribution in [2.75, 3.05) is 6.54 Å². The summed E-state index contributed by atoms with van der Waals surface area (Å²) in [5.41, 5.74) is 7.70. The first-order valence-electron chi connectivity index (χ1n) is 7.72. The van der Waals surface area contributed by atoms with Crippen LogP contribution in [0.15, 0.2) is 53.3 Å². The number of aromatic amines is 1. The zero-order valence-electron chi connectivity index (χ0n) is 13.1. The normalized spacial score (nSPS) is 10.7. The number of carbonyl (C=O) groups excluding carboxylic acids is 1. The Morgan fingerprint density at radius 3 is 2.71 bits per heavy atom. The van der Waals surface area contributed by atoms with Gasteiger partial charge in [-0.3, -0.25) is 9.59 Å². The summed E-state index contributed by atoms with van der Waals surface area (Å²) in [6.45, 7) is 0.757. The van der Waals surface area contributed by atoms with E-state index in [4.69, 9.17) is 5.73 Å². The molecule has 0 spiro atoms. The molecule has 3 rings (SSSR count). The number of fused-ring (bicyclic) bond motifs is 1. The SMILES string of the molecule is NCCC(=O)NCc1cccc(-c2n[nH]c(=O)c3ccccc23)c1. The van der Waals surface area contributed by atoms with Gasteiger partial charge >= 0.3 is 0 Å². The molecule has 0 saturated carbocycles. The molecule has 0 fully saturated rings. The molecule has 0 saturated heterocycles. The lowest BCUT2D eigenvalue weighted by molar-refractivity contribution is -0.121. The van der Waals surface area contributed by atoms with E-state index in [2.05, 4.69) is 15.5 Å². The molecule has 0 aliphatic heterocycles. The Labute approximate surface area is 138 Å². The molecule has 0 atom stereocenters. The highest BCUT2D eigenvalue weighted by Gasteiger charge is 2.09. The van der Waals surface area contributed by atoms with E-state index in [1.807, 2.05) is 42.5 Å². The fourth-order valence-electron chi connectivity index (χ4n) is 2.58. The second kappa shape index (κ2) is 7.06. The highest BCUT2D eigenvalue weighted by atomic mass is 16.1. The van der Waals surface area contributed by atoms with Crippen LogP contribution in [0.4, 0.5) is 0 Å². The van der Waals surface area contributed by atoms with Gasteiger partial charge < -0.3 is 11.1 Å². The third kappa shape index (κ3) is 3.33. The number of hydrogen-bond donors (Lipinski definition) is 3. The van der Waals surface area contributed by atoms with Gasteiger partial charge in [0.15, 0.2) is 0 Å². The molecule has 2 aromatic carbocycles. The number of carbonyl (C=O) groups is 1. The Balaban J connectivity index is 1.94. The van der Waals surface area contributed by atoms with Crippen molar-refractivity contribution in [1.29, 1.82) is 0 Å². The summed E-state index contributed by atoms with van der Waals surface area (Å²) in [5, 5.41) is 11.0. The molecule has 4 N–H and O–H groups in total. The van der Waals surface area contributed by atoms with Crippen LogP contribution in [-0.4, -0.2) is 22.6 Å². The van der Waals surface area contributed by atoms with Gasteiger partial charge in [0.05, 0.1) is 11.1 Å². The highest BCUT2D eigenvalue weighted by Crippen LogP contribution is 2.24. The second-order valence-electron chi connectivity index (χ2n) is 5.46. The van der Waals surface area contributed by atoms with E-state index < -0.39 is 0 Å². The third-order valence-corrected chi connectivity index (χ3v) is 3.76. The predicted molar refractivity (Wildman–Crippen MR) is 93.3 cm³/mol. The number of aromatic nitrogens is 2. The smallest absolute Gasteiger partial charge is 0.272 e. The van der Waals surface area contributed by atoms with Crippen LogP contribution in [0.2, 0.25) is 0 Å². The van der Waals surface area contributed by atoms with Gasteiger partial charge in [-0.1, -0.05) is 36.4 Å². The minimum Gasteiger partial charge on any atom is -0.352 e. The first-order chi connectivity index (χ1) is 11.7. The van der Waals surface area contributed by atoms with Crippen LogP contribution in [0.1, 0.15) is 12.0 Å². The van der Waals surface area contributed by atoms with Crippen molar-refractivity contribution in [3.63, 3.8) is 0 Å². The van der Waals surface area contributed by atoms with Crippen molar-refractivity contribution in [3.8, 4) is 11.3 Å².